The first kappa shape index (κ1) is 23.4. The summed E-state index contributed by atoms with van der Waals surface area (Å²) in [7, 11) is 0. The number of nitrogens with zero attached hydrogens (tertiary/aromatic N) is 4. The first-order chi connectivity index (χ1) is 16.0. The van der Waals surface area contributed by atoms with Gasteiger partial charge in [0.05, 0.1) is 12.5 Å². The van der Waals surface area contributed by atoms with E-state index in [1.54, 1.807) is 6.92 Å². The van der Waals surface area contributed by atoms with Crippen LogP contribution in [0.15, 0.2) is 65.7 Å². The molecule has 34 heavy (non-hydrogen) atoms. The van der Waals surface area contributed by atoms with Crippen molar-refractivity contribution in [3.63, 3.8) is 0 Å². The molecule has 0 aliphatic carbocycles. The van der Waals surface area contributed by atoms with Gasteiger partial charge in [-0.3, -0.25) is 0 Å². The standard InChI is InChI=1S/C22H17F5N4O3/c1-13(20-9-19(30-34-20)14-2-5-16(6-3-14)33-22(25,26)27)21(32,10-31-12-28-11-29-31)17-7-4-15(23)8-18(17)24/h2-9,11-13,32H,10H2,1H3/t13-,21+/m0/s1. The normalized spacial score (nSPS) is 14.6. The number of rotatable bonds is 7. The van der Waals surface area contributed by atoms with Gasteiger partial charge in [-0.05, 0) is 30.3 Å². The molecule has 0 saturated carbocycles. The van der Waals surface area contributed by atoms with E-state index in [9.17, 15) is 27.1 Å². The molecule has 1 N–H and O–H groups in total. The van der Waals surface area contributed by atoms with Gasteiger partial charge in [0.15, 0.2) is 0 Å². The number of hydrogen-bond donors (Lipinski definition) is 1. The lowest BCUT2D eigenvalue weighted by Gasteiger charge is -2.33. The largest absolute Gasteiger partial charge is 0.573 e. The van der Waals surface area contributed by atoms with E-state index in [2.05, 4.69) is 20.0 Å². The maximum Gasteiger partial charge on any atom is 0.573 e. The summed E-state index contributed by atoms with van der Waals surface area (Å²) in [6.07, 6.45) is -2.25. The molecule has 0 saturated heterocycles. The Balaban J connectivity index is 1.66. The van der Waals surface area contributed by atoms with Gasteiger partial charge in [-0.1, -0.05) is 18.1 Å². The third kappa shape index (κ3) is 4.91. The third-order valence-corrected chi connectivity index (χ3v) is 5.32. The lowest BCUT2D eigenvalue weighted by molar-refractivity contribution is -0.274. The minimum absolute atomic E-state index is 0.150. The molecule has 4 rings (SSSR count). The van der Waals surface area contributed by atoms with E-state index >= 15 is 0 Å². The molecule has 0 aliphatic heterocycles. The molecule has 2 aromatic carbocycles. The van der Waals surface area contributed by atoms with Gasteiger partial charge in [-0.2, -0.15) is 5.10 Å². The Bertz CT molecular complexity index is 1260. The average Bonchev–Trinajstić information content (AvgIpc) is 3.44. The molecular weight excluding hydrogens is 463 g/mol. The van der Waals surface area contributed by atoms with Gasteiger partial charge in [-0.15, -0.1) is 13.2 Å². The molecule has 7 nitrogen and oxygen atoms in total. The molecule has 0 spiro atoms. The van der Waals surface area contributed by atoms with Crippen molar-refractivity contribution in [3.05, 3.63) is 84.1 Å². The predicted octanol–water partition coefficient (Wildman–Crippen LogP) is 4.80. The third-order valence-electron chi connectivity index (χ3n) is 5.32. The number of aromatic nitrogens is 4. The van der Waals surface area contributed by atoms with Crippen molar-refractivity contribution in [1.29, 1.82) is 0 Å². The molecule has 0 amide bonds. The van der Waals surface area contributed by atoms with Crippen molar-refractivity contribution < 1.29 is 36.3 Å². The quantitative estimate of drug-likeness (QED) is 0.383. The SMILES string of the molecule is C[C@@H](c1cc(-c2ccc(OC(F)(F)F)cc2)no1)[C@](O)(Cn1cncn1)c1ccc(F)cc1F. The number of aliphatic hydroxyl groups is 1. The van der Waals surface area contributed by atoms with Crippen LogP contribution in [0.1, 0.15) is 24.2 Å². The highest BCUT2D eigenvalue weighted by Crippen LogP contribution is 2.40. The van der Waals surface area contributed by atoms with Crippen molar-refractivity contribution in [2.45, 2.75) is 31.3 Å². The van der Waals surface area contributed by atoms with E-state index in [0.29, 0.717) is 11.6 Å². The highest BCUT2D eigenvalue weighted by Gasteiger charge is 2.42. The Hall–Kier alpha value is -3.80. The molecule has 2 aromatic heterocycles. The fourth-order valence-corrected chi connectivity index (χ4v) is 3.55. The zero-order chi connectivity index (χ0) is 24.5. The Kier molecular flexibility index (Phi) is 6.09. The molecule has 2 atom stereocenters. The minimum atomic E-state index is -4.82. The fourth-order valence-electron chi connectivity index (χ4n) is 3.55. The van der Waals surface area contributed by atoms with Gasteiger partial charge < -0.3 is 14.4 Å². The maximum absolute atomic E-state index is 14.7. The van der Waals surface area contributed by atoms with Crippen molar-refractivity contribution >= 4 is 0 Å². The van der Waals surface area contributed by atoms with E-state index in [-0.39, 0.29) is 23.6 Å². The second-order valence-corrected chi connectivity index (χ2v) is 7.55. The van der Waals surface area contributed by atoms with Crippen LogP contribution in [-0.4, -0.2) is 31.4 Å². The van der Waals surface area contributed by atoms with Crippen molar-refractivity contribution in [2.24, 2.45) is 0 Å². The van der Waals surface area contributed by atoms with Crippen LogP contribution < -0.4 is 4.74 Å². The fraction of sp³-hybridized carbons (Fsp3) is 0.227. The second kappa shape index (κ2) is 8.86. The highest BCUT2D eigenvalue weighted by atomic mass is 19.4. The molecule has 12 heteroatoms. The molecule has 4 aromatic rings. The van der Waals surface area contributed by atoms with E-state index < -0.39 is 35.3 Å². The van der Waals surface area contributed by atoms with Gasteiger partial charge in [0, 0.05) is 23.3 Å². The van der Waals surface area contributed by atoms with Crippen LogP contribution >= 0.6 is 0 Å². The van der Waals surface area contributed by atoms with Crippen LogP contribution in [0.25, 0.3) is 11.3 Å². The lowest BCUT2D eigenvalue weighted by atomic mass is 9.80. The summed E-state index contributed by atoms with van der Waals surface area (Å²) in [6.45, 7) is 1.32. The van der Waals surface area contributed by atoms with Crippen molar-refractivity contribution in [2.75, 3.05) is 0 Å². The van der Waals surface area contributed by atoms with E-state index in [4.69, 9.17) is 4.52 Å². The van der Waals surface area contributed by atoms with Crippen LogP contribution in [0.5, 0.6) is 5.75 Å². The summed E-state index contributed by atoms with van der Waals surface area (Å²) in [6, 6.07) is 9.24. The average molecular weight is 480 g/mol. The molecule has 0 unspecified atom stereocenters. The summed E-state index contributed by atoms with van der Waals surface area (Å²) in [5, 5.41) is 19.5. The van der Waals surface area contributed by atoms with Crippen molar-refractivity contribution in [3.8, 4) is 17.0 Å². The van der Waals surface area contributed by atoms with Gasteiger partial charge in [0.1, 0.15) is 47.1 Å². The van der Waals surface area contributed by atoms with Gasteiger partial charge >= 0.3 is 6.36 Å². The first-order valence-electron chi connectivity index (χ1n) is 9.88. The number of alkyl halides is 3. The number of halogens is 5. The monoisotopic (exact) mass is 480 g/mol. The molecule has 2 heterocycles. The van der Waals surface area contributed by atoms with Gasteiger partial charge in [0.2, 0.25) is 0 Å². The Morgan fingerprint density at radius 3 is 2.44 bits per heavy atom. The summed E-state index contributed by atoms with van der Waals surface area (Å²) >= 11 is 0. The molecule has 0 aliphatic rings. The number of hydrogen-bond acceptors (Lipinski definition) is 6. The van der Waals surface area contributed by atoms with Crippen LogP contribution in [0.4, 0.5) is 22.0 Å². The van der Waals surface area contributed by atoms with Crippen LogP contribution in [0.3, 0.4) is 0 Å². The number of ether oxygens (including phenoxy) is 1. The van der Waals surface area contributed by atoms with E-state index in [1.807, 2.05) is 0 Å². The molecule has 178 valence electrons. The highest BCUT2D eigenvalue weighted by molar-refractivity contribution is 5.60. The van der Waals surface area contributed by atoms with Crippen LogP contribution in [0.2, 0.25) is 0 Å². The lowest BCUT2D eigenvalue weighted by Crippen LogP contribution is -2.38. The van der Waals surface area contributed by atoms with E-state index in [0.717, 1.165) is 24.3 Å². The topological polar surface area (TPSA) is 86.2 Å². The van der Waals surface area contributed by atoms with Gasteiger partial charge in [0.25, 0.3) is 0 Å². The number of benzene rings is 2. The molecular formula is C22H17F5N4O3. The van der Waals surface area contributed by atoms with Crippen LogP contribution in [-0.2, 0) is 12.1 Å². The maximum atomic E-state index is 14.7. The Morgan fingerprint density at radius 2 is 1.82 bits per heavy atom. The molecule has 0 bridgehead atoms. The Labute approximate surface area is 189 Å². The summed E-state index contributed by atoms with van der Waals surface area (Å²) < 4.78 is 75.8. The zero-order valence-corrected chi connectivity index (χ0v) is 17.5. The molecule has 0 radical (unpaired) electrons. The summed E-state index contributed by atoms with van der Waals surface area (Å²) in [4.78, 5) is 3.81. The summed E-state index contributed by atoms with van der Waals surface area (Å²) in [5.74, 6) is -2.93. The smallest absolute Gasteiger partial charge is 0.406 e. The predicted molar refractivity (Wildman–Crippen MR) is 107 cm³/mol. The minimum Gasteiger partial charge on any atom is -0.406 e. The Morgan fingerprint density at radius 1 is 1.09 bits per heavy atom. The van der Waals surface area contributed by atoms with Crippen LogP contribution in [0, 0.1) is 11.6 Å². The van der Waals surface area contributed by atoms with E-state index in [1.165, 1.54) is 35.5 Å². The van der Waals surface area contributed by atoms with Gasteiger partial charge in [-0.25, -0.2) is 18.4 Å². The summed E-state index contributed by atoms with van der Waals surface area (Å²) in [5.41, 5.74) is -1.46. The zero-order valence-electron chi connectivity index (χ0n) is 17.5. The second-order valence-electron chi connectivity index (χ2n) is 7.55. The molecule has 0 fully saturated rings. The first-order valence-corrected chi connectivity index (χ1v) is 9.88. The van der Waals surface area contributed by atoms with Crippen molar-refractivity contribution in [1.82, 2.24) is 19.9 Å².